The van der Waals surface area contributed by atoms with Crippen molar-refractivity contribution >= 4 is 48.0 Å². The Bertz CT molecular complexity index is 595. The molecule has 1 unspecified atom stereocenters. The summed E-state index contributed by atoms with van der Waals surface area (Å²) in [5.41, 5.74) is 6.33. The molecule has 1 atom stereocenters. The summed E-state index contributed by atoms with van der Waals surface area (Å²) in [6, 6.07) is 0. The van der Waals surface area contributed by atoms with Crippen LogP contribution in [0.3, 0.4) is 0 Å². The molecule has 2 amide bonds. The molecule has 0 spiro atoms. The second-order valence-corrected chi connectivity index (χ2v) is 7.98. The van der Waals surface area contributed by atoms with Crippen molar-refractivity contribution in [2.24, 2.45) is 17.6 Å². The summed E-state index contributed by atoms with van der Waals surface area (Å²) in [6.45, 7) is 8.29. The molecular formula is C17H30Cl2N4O2S. The van der Waals surface area contributed by atoms with E-state index in [1.54, 1.807) is 0 Å². The number of amides is 2. The second kappa shape index (κ2) is 11.7. The molecule has 1 aromatic rings. The number of hydrogen-bond donors (Lipinski definition) is 2. The third kappa shape index (κ3) is 6.68. The fourth-order valence-electron chi connectivity index (χ4n) is 3.02. The van der Waals surface area contributed by atoms with E-state index in [2.05, 4.69) is 24.1 Å². The first-order valence-corrected chi connectivity index (χ1v) is 9.47. The molecule has 1 aliphatic heterocycles. The van der Waals surface area contributed by atoms with Gasteiger partial charge in [0.1, 0.15) is 4.88 Å². The predicted molar refractivity (Wildman–Crippen MR) is 111 cm³/mol. The number of aromatic nitrogens is 1. The van der Waals surface area contributed by atoms with Crippen LogP contribution < -0.4 is 11.1 Å². The SMILES string of the molecule is Cc1nc(CC(C)C)c(C(=O)N2CCCC(C(=O)NCCN)C2)s1.Cl.Cl. The number of nitrogens with two attached hydrogens (primary N) is 1. The minimum atomic E-state index is -0.142. The zero-order valence-electron chi connectivity index (χ0n) is 15.6. The van der Waals surface area contributed by atoms with E-state index in [9.17, 15) is 9.59 Å². The molecule has 26 heavy (non-hydrogen) atoms. The zero-order chi connectivity index (χ0) is 17.7. The van der Waals surface area contributed by atoms with Gasteiger partial charge in [-0.15, -0.1) is 36.2 Å². The van der Waals surface area contributed by atoms with Crippen molar-refractivity contribution in [2.75, 3.05) is 26.2 Å². The summed E-state index contributed by atoms with van der Waals surface area (Å²) < 4.78 is 0. The lowest BCUT2D eigenvalue weighted by atomic mass is 9.96. The van der Waals surface area contributed by atoms with Gasteiger partial charge in [0.05, 0.1) is 16.6 Å². The number of carbonyl (C=O) groups is 2. The summed E-state index contributed by atoms with van der Waals surface area (Å²) in [6.07, 6.45) is 2.48. The fourth-order valence-corrected chi connectivity index (χ4v) is 3.94. The van der Waals surface area contributed by atoms with Crippen LogP contribution in [0, 0.1) is 18.8 Å². The number of carbonyl (C=O) groups excluding carboxylic acids is 2. The number of likely N-dealkylation sites (tertiary alicyclic amines) is 1. The molecule has 2 heterocycles. The number of piperidine rings is 1. The van der Waals surface area contributed by atoms with Crippen molar-refractivity contribution in [1.82, 2.24) is 15.2 Å². The summed E-state index contributed by atoms with van der Waals surface area (Å²) in [5, 5.41) is 3.75. The molecular weight excluding hydrogens is 395 g/mol. The Kier molecular flexibility index (Phi) is 11.3. The zero-order valence-corrected chi connectivity index (χ0v) is 18.1. The van der Waals surface area contributed by atoms with E-state index in [4.69, 9.17) is 5.73 Å². The Balaban J connectivity index is 0.00000312. The van der Waals surface area contributed by atoms with Crippen LogP contribution in [0.5, 0.6) is 0 Å². The van der Waals surface area contributed by atoms with Crippen LogP contribution in [-0.4, -0.2) is 47.9 Å². The molecule has 150 valence electrons. The molecule has 6 nitrogen and oxygen atoms in total. The van der Waals surface area contributed by atoms with Gasteiger partial charge in [0.2, 0.25) is 5.91 Å². The van der Waals surface area contributed by atoms with Crippen molar-refractivity contribution in [3.05, 3.63) is 15.6 Å². The van der Waals surface area contributed by atoms with E-state index in [0.29, 0.717) is 32.1 Å². The van der Waals surface area contributed by atoms with Crippen LogP contribution in [0.1, 0.15) is 47.1 Å². The summed E-state index contributed by atoms with van der Waals surface area (Å²) in [5.74, 6) is 0.333. The number of thiazole rings is 1. The van der Waals surface area contributed by atoms with Gasteiger partial charge in [0, 0.05) is 26.2 Å². The smallest absolute Gasteiger partial charge is 0.265 e. The van der Waals surface area contributed by atoms with Crippen LogP contribution in [0.15, 0.2) is 0 Å². The van der Waals surface area contributed by atoms with Gasteiger partial charge in [-0.2, -0.15) is 0 Å². The lowest BCUT2D eigenvalue weighted by molar-refractivity contribution is -0.126. The van der Waals surface area contributed by atoms with Gasteiger partial charge in [-0.3, -0.25) is 9.59 Å². The maximum Gasteiger partial charge on any atom is 0.265 e. The normalized spacial score (nSPS) is 16.7. The van der Waals surface area contributed by atoms with E-state index in [1.807, 2.05) is 11.8 Å². The standard InChI is InChI=1S/C17H28N4O2S.2ClH/c1-11(2)9-14-15(24-12(3)20-14)17(23)21-8-4-5-13(10-21)16(22)19-7-6-18;;/h11,13H,4-10,18H2,1-3H3,(H,19,22);2*1H. The van der Waals surface area contributed by atoms with Gasteiger partial charge in [0.25, 0.3) is 5.91 Å². The lowest BCUT2D eigenvalue weighted by Crippen LogP contribution is -2.46. The number of nitrogens with zero attached hydrogens (tertiary/aromatic N) is 2. The average molecular weight is 425 g/mol. The quantitative estimate of drug-likeness (QED) is 0.733. The minimum Gasteiger partial charge on any atom is -0.355 e. The van der Waals surface area contributed by atoms with Crippen LogP contribution in [-0.2, 0) is 11.2 Å². The van der Waals surface area contributed by atoms with Crippen LogP contribution in [0.25, 0.3) is 0 Å². The molecule has 1 aliphatic rings. The third-order valence-corrected chi connectivity index (χ3v) is 5.12. The number of aryl methyl sites for hydroxylation is 1. The first-order valence-electron chi connectivity index (χ1n) is 8.65. The molecule has 1 aromatic heterocycles. The molecule has 0 radical (unpaired) electrons. The second-order valence-electron chi connectivity index (χ2n) is 6.78. The summed E-state index contributed by atoms with van der Waals surface area (Å²) in [7, 11) is 0. The fraction of sp³-hybridized carbons (Fsp3) is 0.706. The van der Waals surface area contributed by atoms with Gasteiger partial charge in [-0.05, 0) is 32.1 Å². The Labute approximate surface area is 172 Å². The summed E-state index contributed by atoms with van der Waals surface area (Å²) >= 11 is 1.46. The first kappa shape index (κ1) is 25.1. The van der Waals surface area contributed by atoms with Crippen molar-refractivity contribution in [1.29, 1.82) is 0 Å². The molecule has 0 bridgehead atoms. The highest BCUT2D eigenvalue weighted by molar-refractivity contribution is 7.13. The van der Waals surface area contributed by atoms with E-state index in [0.717, 1.165) is 34.8 Å². The van der Waals surface area contributed by atoms with Crippen LogP contribution in [0.4, 0.5) is 0 Å². The Morgan fingerprint density at radius 2 is 2.08 bits per heavy atom. The van der Waals surface area contributed by atoms with Gasteiger partial charge < -0.3 is 16.0 Å². The number of rotatable bonds is 6. The number of hydrogen-bond acceptors (Lipinski definition) is 5. The van der Waals surface area contributed by atoms with Crippen molar-refractivity contribution in [3.8, 4) is 0 Å². The average Bonchev–Trinajstić information content (AvgIpc) is 2.91. The van der Waals surface area contributed by atoms with Gasteiger partial charge in [-0.25, -0.2) is 4.98 Å². The van der Waals surface area contributed by atoms with Gasteiger partial charge >= 0.3 is 0 Å². The molecule has 3 N–H and O–H groups in total. The Hall–Kier alpha value is -0.890. The van der Waals surface area contributed by atoms with Crippen molar-refractivity contribution in [2.45, 2.75) is 40.0 Å². The number of nitrogens with one attached hydrogen (secondary N) is 1. The van der Waals surface area contributed by atoms with E-state index in [-0.39, 0.29) is 42.5 Å². The highest BCUT2D eigenvalue weighted by Gasteiger charge is 2.30. The third-order valence-electron chi connectivity index (χ3n) is 4.12. The first-order chi connectivity index (χ1) is 11.4. The predicted octanol–water partition coefficient (Wildman–Crippen LogP) is 2.42. The largest absolute Gasteiger partial charge is 0.355 e. The topological polar surface area (TPSA) is 88.3 Å². The van der Waals surface area contributed by atoms with Crippen LogP contribution in [0.2, 0.25) is 0 Å². The number of halogens is 2. The van der Waals surface area contributed by atoms with Crippen LogP contribution >= 0.6 is 36.2 Å². The monoisotopic (exact) mass is 424 g/mol. The van der Waals surface area contributed by atoms with E-state index < -0.39 is 0 Å². The minimum absolute atomic E-state index is 0. The van der Waals surface area contributed by atoms with E-state index >= 15 is 0 Å². The molecule has 0 saturated carbocycles. The van der Waals surface area contributed by atoms with Gasteiger partial charge in [0.15, 0.2) is 0 Å². The molecule has 9 heteroatoms. The molecule has 1 fully saturated rings. The highest BCUT2D eigenvalue weighted by atomic mass is 35.5. The maximum atomic E-state index is 12.9. The highest BCUT2D eigenvalue weighted by Crippen LogP contribution is 2.25. The molecule has 0 aromatic carbocycles. The lowest BCUT2D eigenvalue weighted by Gasteiger charge is -2.32. The Morgan fingerprint density at radius 3 is 2.69 bits per heavy atom. The van der Waals surface area contributed by atoms with Gasteiger partial charge in [-0.1, -0.05) is 13.8 Å². The van der Waals surface area contributed by atoms with Crippen molar-refractivity contribution in [3.63, 3.8) is 0 Å². The molecule has 2 rings (SSSR count). The van der Waals surface area contributed by atoms with E-state index in [1.165, 1.54) is 11.3 Å². The molecule has 0 aliphatic carbocycles. The maximum absolute atomic E-state index is 12.9. The summed E-state index contributed by atoms with van der Waals surface area (Å²) in [4.78, 5) is 32.2. The Morgan fingerprint density at radius 1 is 1.38 bits per heavy atom. The van der Waals surface area contributed by atoms with Crippen molar-refractivity contribution < 1.29 is 9.59 Å². The molecule has 1 saturated heterocycles.